The number of fused-ring (bicyclic) bond motifs is 10. The average Bonchev–Trinajstić information content (AvgIpc) is 1.76. The van der Waals surface area contributed by atoms with Crippen molar-refractivity contribution in [1.29, 1.82) is 0 Å². The van der Waals surface area contributed by atoms with E-state index in [0.29, 0.717) is 105 Å². The SMILES string of the molecule is O=C(NCCSSCCNc1c(F)c(F)c(-c2c3nc(c(-c4cccc(O)c4)c4ccc([nH]4)c(-c4cccc(O)c4)c4nc(c(-c5cccc(O)c5)c5ccc2[nH]5)C=C4)C=C3)c(F)c1F)OC[C@@H]1[C@@H]2CCc3c(nnn3CCCOc3ccc(C4OCC(C5CC=C(C(O)CO)CCC5)O4)cc3)CC[C@@H]21. The molecule has 7 heterocycles. The first-order valence-electron chi connectivity index (χ1n) is 35.4. The van der Waals surface area contributed by atoms with Gasteiger partial charge in [-0.2, -0.15) is 0 Å². The summed E-state index contributed by atoms with van der Waals surface area (Å²) in [6.45, 7) is 1.93. The Morgan fingerprint density at radius 3 is 1.81 bits per heavy atom. The topological polar surface area (TPSA) is 267 Å². The summed E-state index contributed by atoms with van der Waals surface area (Å²) in [7, 11) is 2.74. The minimum Gasteiger partial charge on any atom is -0.508 e. The molecule has 25 heteroatoms. The fraction of sp³-hybridized carbons (Fsp3) is 0.312. The number of hydrogen-bond donors (Lipinski definition) is 9. The number of benzene rings is 5. The number of ether oxygens (including phenoxy) is 4. The van der Waals surface area contributed by atoms with Gasteiger partial charge in [0.25, 0.3) is 0 Å². The zero-order valence-electron chi connectivity index (χ0n) is 57.0. The van der Waals surface area contributed by atoms with Gasteiger partial charge in [-0.1, -0.05) is 81.4 Å². The van der Waals surface area contributed by atoms with Crippen molar-refractivity contribution in [3.8, 4) is 67.5 Å². The maximum Gasteiger partial charge on any atom is 0.407 e. The molecule has 1 amide bonds. The van der Waals surface area contributed by atoms with Crippen LogP contribution in [0.25, 0.3) is 90.9 Å². The van der Waals surface area contributed by atoms with Crippen molar-refractivity contribution < 1.29 is 66.8 Å². The van der Waals surface area contributed by atoms with E-state index in [-0.39, 0.29) is 83.1 Å². The predicted octanol–water partition coefficient (Wildman–Crippen LogP) is 15.9. The number of carbonyl (C=O) groups excluding carboxylic acids is 1. The first kappa shape index (κ1) is 70.8. The molecule has 3 aliphatic heterocycles. The number of allylic oxidation sites excluding steroid dienone is 1. The average molecular weight is 1460 g/mol. The van der Waals surface area contributed by atoms with Gasteiger partial charge in [0.2, 0.25) is 0 Å². The zero-order chi connectivity index (χ0) is 72.2. The third-order valence-electron chi connectivity index (χ3n) is 20.5. The number of phenols is 3. The van der Waals surface area contributed by atoms with Crippen LogP contribution < -0.4 is 15.4 Å². The Morgan fingerprint density at radius 2 is 1.23 bits per heavy atom. The minimum atomic E-state index is -1.67. The fourth-order valence-electron chi connectivity index (χ4n) is 15.2. The molecule has 1 saturated carbocycles. The van der Waals surface area contributed by atoms with Crippen molar-refractivity contribution in [1.82, 2.24) is 40.2 Å². The maximum absolute atomic E-state index is 17.1. The summed E-state index contributed by atoms with van der Waals surface area (Å²) in [5, 5.41) is 66.3. The van der Waals surface area contributed by atoms with Crippen LogP contribution in [-0.4, -0.2) is 130 Å². The molecule has 0 radical (unpaired) electrons. The van der Waals surface area contributed by atoms with Crippen LogP contribution in [0, 0.1) is 46.9 Å². The summed E-state index contributed by atoms with van der Waals surface area (Å²) in [6, 6.07) is 34.3. The maximum atomic E-state index is 17.1. The lowest BCUT2D eigenvalue weighted by atomic mass is 9.95. The number of hydrogen-bond acceptors (Lipinski definition) is 17. The van der Waals surface area contributed by atoms with E-state index in [1.807, 2.05) is 41.1 Å². The molecule has 3 aliphatic carbocycles. The Bertz CT molecular complexity index is 4950. The number of phenolic OH excluding ortho intramolecular Hbond substituents is 3. The number of aliphatic hydroxyl groups is 2. The Kier molecular flexibility index (Phi) is 21.2. The molecule has 4 aromatic heterocycles. The Labute approximate surface area is 609 Å². The van der Waals surface area contributed by atoms with Gasteiger partial charge in [0.15, 0.2) is 29.6 Å². The molecule has 5 aromatic carbocycles. The van der Waals surface area contributed by atoms with E-state index < -0.39 is 53.0 Å². The summed E-state index contributed by atoms with van der Waals surface area (Å²) in [5.74, 6) is -3.85. The minimum absolute atomic E-state index is 0.0224. The van der Waals surface area contributed by atoms with Crippen LogP contribution in [0.3, 0.4) is 0 Å². The standard InChI is InChI=1S/C80H77F4N9O10S2/c81-74-73(72-64-29-27-62(89-64)70(48-9-3-12-51(96)39-48)60-25-23-58(87-60)69(47-8-2-11-50(95)38-47)59-24-26-61(88-59)71(63-28-30-65(72)90-63)49-10-4-13-52(97)40-49)75(82)77(84)78(76(74)83)85-32-36-104-105-37-33-86-80(99)102-42-56-54-20-22-57-66(31-21-55(54)56)93(92-91-57)34-5-35-100-53-18-16-46(17-19-53)79-101-43-68(103-79)45-7-1-6-44(14-15-45)67(98)41-94/h2-4,8-14,16-19,23-30,38-40,45,54-56,67-68,79,85,87,90,94-98H,1,5-7,15,20-22,31-37,41-43H2,(H,86,99)/t45?,54-,55+,56-,67?,68?,79?/m0/s1. The number of aromatic nitrogens is 7. The van der Waals surface area contributed by atoms with Gasteiger partial charge in [-0.05, 0) is 194 Å². The van der Waals surface area contributed by atoms with Crippen LogP contribution in [0.15, 0.2) is 133 Å². The summed E-state index contributed by atoms with van der Waals surface area (Å²) >= 11 is 0. The number of aryl methyl sites for hydroxylation is 2. The lowest BCUT2D eigenvalue weighted by Gasteiger charge is -2.20. The number of amides is 1. The molecule has 2 fully saturated rings. The lowest BCUT2D eigenvalue weighted by molar-refractivity contribution is -0.0700. The summed E-state index contributed by atoms with van der Waals surface area (Å²) < 4.78 is 93.8. The molecule has 8 bridgehead atoms. The highest BCUT2D eigenvalue weighted by Gasteiger charge is 2.50. The highest BCUT2D eigenvalue weighted by molar-refractivity contribution is 8.76. The molecule has 9 aromatic rings. The highest BCUT2D eigenvalue weighted by atomic mass is 33.1. The third-order valence-corrected chi connectivity index (χ3v) is 22.9. The third kappa shape index (κ3) is 15.3. The van der Waals surface area contributed by atoms with Crippen molar-refractivity contribution in [2.75, 3.05) is 56.3 Å². The second-order valence-electron chi connectivity index (χ2n) is 27.0. The van der Waals surface area contributed by atoms with Crippen molar-refractivity contribution in [3.05, 3.63) is 196 Å². The number of anilines is 1. The smallest absolute Gasteiger partial charge is 0.407 e. The zero-order valence-corrected chi connectivity index (χ0v) is 58.7. The normalized spacial score (nSPS) is 19.2. The number of H-pyrrole nitrogens is 2. The molecule has 1 saturated heterocycles. The second kappa shape index (κ2) is 31.4. The predicted molar refractivity (Wildman–Crippen MR) is 399 cm³/mol. The van der Waals surface area contributed by atoms with Gasteiger partial charge >= 0.3 is 6.09 Å². The summed E-state index contributed by atoms with van der Waals surface area (Å²) in [4.78, 5) is 29.7. The molecule has 15 rings (SSSR count). The number of alkyl carbamates (subject to hydrolysis) is 1. The largest absolute Gasteiger partial charge is 0.508 e. The van der Waals surface area contributed by atoms with E-state index in [1.54, 1.807) is 72.8 Å². The number of aliphatic hydroxyl groups excluding tert-OH is 2. The number of carbonyl (C=O) groups is 1. The van der Waals surface area contributed by atoms with E-state index >= 15 is 17.6 Å². The van der Waals surface area contributed by atoms with Gasteiger partial charge in [-0.3, -0.25) is 0 Å². The molecular weight excluding hydrogens is 1390 g/mol. The van der Waals surface area contributed by atoms with E-state index in [1.165, 1.54) is 58.0 Å². The van der Waals surface area contributed by atoms with Gasteiger partial charge in [-0.25, -0.2) is 37.0 Å². The molecular formula is C80H77F4N9O10S2. The quantitative estimate of drug-likeness (QED) is 0.00947. The van der Waals surface area contributed by atoms with Crippen LogP contribution in [0.4, 0.5) is 28.0 Å². The highest BCUT2D eigenvalue weighted by Crippen LogP contribution is 2.53. The molecule has 0 spiro atoms. The Hall–Kier alpha value is -9.89. The number of nitrogens with zero attached hydrogens (tertiary/aromatic N) is 5. The van der Waals surface area contributed by atoms with Crippen LogP contribution in [0.2, 0.25) is 0 Å². The first-order chi connectivity index (χ1) is 51.2. The van der Waals surface area contributed by atoms with Gasteiger partial charge in [0, 0.05) is 87.4 Å². The van der Waals surface area contributed by atoms with E-state index in [0.717, 1.165) is 86.1 Å². The summed E-state index contributed by atoms with van der Waals surface area (Å²) in [5.41, 5.74) is 7.43. The van der Waals surface area contributed by atoms with Crippen molar-refractivity contribution in [2.24, 2.45) is 23.7 Å². The number of rotatable bonds is 23. The number of nitrogens with one attached hydrogen (secondary N) is 4. The molecule has 542 valence electrons. The molecule has 19 nitrogen and oxygen atoms in total. The van der Waals surface area contributed by atoms with Crippen LogP contribution in [-0.2, 0) is 33.6 Å². The molecule has 6 aliphatic rings. The molecule has 7 atom stereocenters. The van der Waals surface area contributed by atoms with Crippen LogP contribution in [0.1, 0.15) is 91.0 Å². The van der Waals surface area contributed by atoms with Gasteiger partial charge < -0.3 is 65.1 Å². The van der Waals surface area contributed by atoms with Crippen molar-refractivity contribution in [2.45, 2.75) is 82.8 Å². The lowest BCUT2D eigenvalue weighted by Crippen LogP contribution is -2.27. The number of aromatic amines is 2. The van der Waals surface area contributed by atoms with Crippen LogP contribution >= 0.6 is 21.6 Å². The Balaban J connectivity index is 0.551. The van der Waals surface area contributed by atoms with E-state index in [2.05, 4.69) is 37.0 Å². The number of aromatic hydroxyl groups is 3. The van der Waals surface area contributed by atoms with Crippen molar-refractivity contribution in [3.63, 3.8) is 0 Å². The van der Waals surface area contributed by atoms with E-state index in [4.69, 9.17) is 28.9 Å². The van der Waals surface area contributed by atoms with Gasteiger partial charge in [-0.15, -0.1) is 5.10 Å². The van der Waals surface area contributed by atoms with E-state index in [9.17, 15) is 30.3 Å². The molecule has 4 unspecified atom stereocenters. The first-order valence-corrected chi connectivity index (χ1v) is 37.9. The molecule has 105 heavy (non-hydrogen) atoms. The van der Waals surface area contributed by atoms with Crippen LogP contribution in [0.5, 0.6) is 23.0 Å². The van der Waals surface area contributed by atoms with Gasteiger partial charge in [0.1, 0.15) is 28.7 Å². The fourth-order valence-corrected chi connectivity index (χ4v) is 17.0. The van der Waals surface area contributed by atoms with Gasteiger partial charge in [0.05, 0.1) is 78.4 Å². The second-order valence-corrected chi connectivity index (χ2v) is 29.7. The number of halogens is 4. The monoisotopic (exact) mass is 1460 g/mol. The summed E-state index contributed by atoms with van der Waals surface area (Å²) in [6.07, 6.45) is 14.6. The molecule has 9 N–H and O–H groups in total. The Morgan fingerprint density at radius 1 is 0.667 bits per heavy atom. The van der Waals surface area contributed by atoms with Crippen molar-refractivity contribution >= 4 is 79.7 Å².